The molecule has 1 saturated heterocycles. The molecule has 8 nitrogen and oxygen atoms in total. The zero-order valence-corrected chi connectivity index (χ0v) is 22.5. The lowest BCUT2D eigenvalue weighted by molar-refractivity contribution is -0.138. The standard InChI is InChI=1S/C22H41N5O3.HI/c1-21(2,3)30-20(29)27-13-9-10-17(15-27)14-24-19(23-4)25-16-22(11-7-8-12-22)18(28)26(5)6;/h17H,7-16H2,1-6H3,(H2,23,24,25);1H. The minimum absolute atomic E-state index is 0. The summed E-state index contributed by atoms with van der Waals surface area (Å²) in [6, 6.07) is 0. The number of rotatable bonds is 5. The van der Waals surface area contributed by atoms with Crippen LogP contribution in [-0.2, 0) is 9.53 Å². The van der Waals surface area contributed by atoms with Gasteiger partial charge in [-0.25, -0.2) is 4.79 Å². The van der Waals surface area contributed by atoms with E-state index in [1.54, 1.807) is 16.8 Å². The largest absolute Gasteiger partial charge is 0.444 e. The summed E-state index contributed by atoms with van der Waals surface area (Å²) < 4.78 is 5.52. The summed E-state index contributed by atoms with van der Waals surface area (Å²) in [5.74, 6) is 1.25. The number of amides is 2. The molecule has 1 aliphatic heterocycles. The van der Waals surface area contributed by atoms with Gasteiger partial charge in [-0.15, -0.1) is 24.0 Å². The van der Waals surface area contributed by atoms with Crippen molar-refractivity contribution < 1.29 is 14.3 Å². The minimum Gasteiger partial charge on any atom is -0.444 e. The molecular formula is C22H42IN5O3. The first-order valence-electron chi connectivity index (χ1n) is 11.2. The van der Waals surface area contributed by atoms with E-state index in [-0.39, 0.29) is 41.4 Å². The Labute approximate surface area is 204 Å². The van der Waals surface area contributed by atoms with E-state index in [1.807, 2.05) is 34.9 Å². The molecule has 1 saturated carbocycles. The highest BCUT2D eigenvalue weighted by molar-refractivity contribution is 14.0. The Morgan fingerprint density at radius 3 is 2.35 bits per heavy atom. The molecular weight excluding hydrogens is 509 g/mol. The Bertz CT molecular complexity index is 627. The average Bonchev–Trinajstić information content (AvgIpc) is 3.16. The van der Waals surface area contributed by atoms with E-state index in [1.165, 1.54) is 0 Å². The van der Waals surface area contributed by atoms with Gasteiger partial charge in [0.25, 0.3) is 0 Å². The fourth-order valence-corrected chi connectivity index (χ4v) is 4.43. The summed E-state index contributed by atoms with van der Waals surface area (Å²) in [5, 5.41) is 6.77. The van der Waals surface area contributed by atoms with Gasteiger partial charge in [0.15, 0.2) is 5.96 Å². The third-order valence-electron chi connectivity index (χ3n) is 5.97. The monoisotopic (exact) mass is 551 g/mol. The van der Waals surface area contributed by atoms with Crippen molar-refractivity contribution in [2.45, 2.75) is 64.9 Å². The molecule has 1 heterocycles. The molecule has 2 fully saturated rings. The molecule has 31 heavy (non-hydrogen) atoms. The van der Waals surface area contributed by atoms with Crippen molar-refractivity contribution in [2.24, 2.45) is 16.3 Å². The van der Waals surface area contributed by atoms with Gasteiger partial charge in [0.2, 0.25) is 5.91 Å². The van der Waals surface area contributed by atoms with Crippen molar-refractivity contribution in [3.8, 4) is 0 Å². The molecule has 1 unspecified atom stereocenters. The van der Waals surface area contributed by atoms with Crippen molar-refractivity contribution in [1.29, 1.82) is 0 Å². The molecule has 0 bridgehead atoms. The smallest absolute Gasteiger partial charge is 0.410 e. The third kappa shape index (κ3) is 8.31. The summed E-state index contributed by atoms with van der Waals surface area (Å²) in [6.45, 7) is 8.42. The molecule has 9 heteroatoms. The number of carbonyl (C=O) groups is 2. The normalized spacial score (nSPS) is 21.2. The summed E-state index contributed by atoms with van der Waals surface area (Å²) in [5.41, 5.74) is -0.812. The SMILES string of the molecule is CN=C(NCC1CCCN(C(=O)OC(C)(C)C)C1)NCC1(C(=O)N(C)C)CCCC1.I. The van der Waals surface area contributed by atoms with Crippen LogP contribution in [0.15, 0.2) is 4.99 Å². The minimum atomic E-state index is -0.478. The zero-order chi connectivity index (χ0) is 22.4. The van der Waals surface area contributed by atoms with Gasteiger partial charge in [0.05, 0.1) is 5.41 Å². The topological polar surface area (TPSA) is 86.3 Å². The fraction of sp³-hybridized carbons (Fsp3) is 0.864. The van der Waals surface area contributed by atoms with E-state index in [9.17, 15) is 9.59 Å². The number of halogens is 1. The van der Waals surface area contributed by atoms with Gasteiger partial charge in [0.1, 0.15) is 5.60 Å². The second-order valence-electron chi connectivity index (χ2n) is 9.93. The van der Waals surface area contributed by atoms with Crippen LogP contribution in [0.1, 0.15) is 59.3 Å². The van der Waals surface area contributed by atoms with Gasteiger partial charge in [-0.2, -0.15) is 0 Å². The molecule has 2 amide bonds. The van der Waals surface area contributed by atoms with Crippen LogP contribution in [0.5, 0.6) is 0 Å². The molecule has 1 atom stereocenters. The Kier molecular flexibility index (Phi) is 10.8. The quantitative estimate of drug-likeness (QED) is 0.312. The van der Waals surface area contributed by atoms with Gasteiger partial charge in [0, 0.05) is 47.3 Å². The highest BCUT2D eigenvalue weighted by atomic mass is 127. The summed E-state index contributed by atoms with van der Waals surface area (Å²) in [4.78, 5) is 33.0. The number of nitrogens with zero attached hydrogens (tertiary/aromatic N) is 3. The van der Waals surface area contributed by atoms with Crippen molar-refractivity contribution in [3.05, 3.63) is 0 Å². The van der Waals surface area contributed by atoms with Crippen molar-refractivity contribution in [1.82, 2.24) is 20.4 Å². The van der Waals surface area contributed by atoms with E-state index in [0.717, 1.165) is 51.6 Å². The van der Waals surface area contributed by atoms with Gasteiger partial charge in [-0.1, -0.05) is 12.8 Å². The van der Waals surface area contributed by atoms with Gasteiger partial charge in [-0.3, -0.25) is 9.79 Å². The van der Waals surface area contributed by atoms with E-state index >= 15 is 0 Å². The Hall–Kier alpha value is -1.26. The molecule has 0 aromatic carbocycles. The van der Waals surface area contributed by atoms with Crippen LogP contribution >= 0.6 is 24.0 Å². The number of carbonyl (C=O) groups excluding carboxylic acids is 2. The molecule has 0 radical (unpaired) electrons. The Morgan fingerprint density at radius 2 is 1.81 bits per heavy atom. The van der Waals surface area contributed by atoms with Crippen molar-refractivity contribution >= 4 is 41.9 Å². The first-order chi connectivity index (χ1) is 14.1. The maximum atomic E-state index is 12.7. The van der Waals surface area contributed by atoms with Gasteiger partial charge in [-0.05, 0) is 52.4 Å². The number of guanidine groups is 1. The van der Waals surface area contributed by atoms with Gasteiger partial charge >= 0.3 is 6.09 Å². The number of nitrogens with one attached hydrogen (secondary N) is 2. The van der Waals surface area contributed by atoms with Crippen LogP contribution in [0.4, 0.5) is 4.79 Å². The fourth-order valence-electron chi connectivity index (χ4n) is 4.43. The second kappa shape index (κ2) is 12.1. The average molecular weight is 552 g/mol. The number of aliphatic imine (C=N–C) groups is 1. The van der Waals surface area contributed by atoms with Crippen LogP contribution in [-0.4, -0.2) is 80.7 Å². The Balaban J connectivity index is 0.00000480. The summed E-state index contributed by atoms with van der Waals surface area (Å²) in [7, 11) is 5.40. The molecule has 2 N–H and O–H groups in total. The van der Waals surface area contributed by atoms with E-state index in [4.69, 9.17) is 4.74 Å². The zero-order valence-electron chi connectivity index (χ0n) is 20.1. The maximum Gasteiger partial charge on any atom is 0.410 e. The van der Waals surface area contributed by atoms with Crippen LogP contribution < -0.4 is 10.6 Å². The summed E-state index contributed by atoms with van der Waals surface area (Å²) in [6.07, 6.45) is 5.82. The van der Waals surface area contributed by atoms with E-state index in [0.29, 0.717) is 25.0 Å². The molecule has 0 aromatic rings. The second-order valence-corrected chi connectivity index (χ2v) is 9.93. The highest BCUT2D eigenvalue weighted by Crippen LogP contribution is 2.38. The van der Waals surface area contributed by atoms with Crippen LogP contribution in [0.3, 0.4) is 0 Å². The highest BCUT2D eigenvalue weighted by Gasteiger charge is 2.42. The number of hydrogen-bond donors (Lipinski definition) is 2. The van der Waals surface area contributed by atoms with Crippen molar-refractivity contribution in [3.63, 3.8) is 0 Å². The van der Waals surface area contributed by atoms with Crippen LogP contribution in [0.25, 0.3) is 0 Å². The third-order valence-corrected chi connectivity index (χ3v) is 5.97. The Morgan fingerprint density at radius 1 is 1.16 bits per heavy atom. The van der Waals surface area contributed by atoms with Gasteiger partial charge < -0.3 is 25.2 Å². The lowest BCUT2D eigenvalue weighted by Gasteiger charge is -2.34. The molecule has 2 rings (SSSR count). The number of piperidine rings is 1. The number of likely N-dealkylation sites (tertiary alicyclic amines) is 1. The van der Waals surface area contributed by atoms with Crippen LogP contribution in [0.2, 0.25) is 0 Å². The van der Waals surface area contributed by atoms with E-state index in [2.05, 4.69) is 15.6 Å². The molecule has 1 aliphatic carbocycles. The number of ether oxygens (including phenoxy) is 1. The number of hydrogen-bond acceptors (Lipinski definition) is 4. The molecule has 0 aromatic heterocycles. The molecule has 2 aliphatic rings. The lowest BCUT2D eigenvalue weighted by Crippen LogP contribution is -2.51. The van der Waals surface area contributed by atoms with Crippen molar-refractivity contribution in [2.75, 3.05) is 47.3 Å². The van der Waals surface area contributed by atoms with E-state index < -0.39 is 5.60 Å². The maximum absolute atomic E-state index is 12.7. The molecule has 0 spiro atoms. The molecule has 180 valence electrons. The summed E-state index contributed by atoms with van der Waals surface area (Å²) >= 11 is 0. The van der Waals surface area contributed by atoms with Crippen LogP contribution in [0, 0.1) is 11.3 Å². The first-order valence-corrected chi connectivity index (χ1v) is 11.2. The lowest BCUT2D eigenvalue weighted by atomic mass is 9.84. The predicted octanol–water partition coefficient (Wildman–Crippen LogP) is 3.07. The first kappa shape index (κ1) is 27.8. The predicted molar refractivity (Wildman–Crippen MR) is 135 cm³/mol.